The van der Waals surface area contributed by atoms with Gasteiger partial charge in [-0.2, -0.15) is 0 Å². The van der Waals surface area contributed by atoms with Gasteiger partial charge in [0, 0.05) is 44.0 Å². The first-order valence-corrected chi connectivity index (χ1v) is 16.5. The molecule has 0 spiro atoms. The Balaban J connectivity index is 0.00000204. The second-order valence-electron chi connectivity index (χ2n) is 12.7. The van der Waals surface area contributed by atoms with Crippen LogP contribution in [0.5, 0.6) is 0 Å². The SMILES string of the molecule is C=C.CC(C)c1cnc(NCCCc2ccc(CN3CCC(c4ccc5c(c4)CN(C4CCC(=O)NC4=O)C5=O)CC3)cc2)nc1. The van der Waals surface area contributed by atoms with Crippen molar-refractivity contribution < 1.29 is 14.4 Å². The van der Waals surface area contributed by atoms with Gasteiger partial charge < -0.3 is 10.2 Å². The minimum atomic E-state index is -0.571. The van der Waals surface area contributed by atoms with E-state index < -0.39 is 6.04 Å². The highest BCUT2D eigenvalue weighted by atomic mass is 16.2. The number of carbonyl (C=O) groups excluding carboxylic acids is 3. The highest BCUT2D eigenvalue weighted by Gasteiger charge is 2.39. The Morgan fingerprint density at radius 1 is 0.957 bits per heavy atom. The number of aromatic nitrogens is 2. The smallest absolute Gasteiger partial charge is 0.255 e. The van der Waals surface area contributed by atoms with Crippen LogP contribution in [-0.2, 0) is 29.1 Å². The molecule has 3 aliphatic heterocycles. The highest BCUT2D eigenvalue weighted by molar-refractivity contribution is 6.05. The lowest BCUT2D eigenvalue weighted by atomic mass is 9.87. The quantitative estimate of drug-likeness (QED) is 0.173. The van der Waals surface area contributed by atoms with E-state index in [9.17, 15) is 14.4 Å². The largest absolute Gasteiger partial charge is 0.354 e. The number of benzene rings is 2. The number of carbonyl (C=O) groups is 3. The van der Waals surface area contributed by atoms with E-state index in [2.05, 4.69) is 88.9 Å². The van der Waals surface area contributed by atoms with Crippen molar-refractivity contribution in [3.63, 3.8) is 0 Å². The molecule has 2 saturated heterocycles. The molecule has 3 aromatic rings. The van der Waals surface area contributed by atoms with Crippen molar-refractivity contribution in [2.45, 2.75) is 83.3 Å². The highest BCUT2D eigenvalue weighted by Crippen LogP contribution is 2.34. The molecule has 9 nitrogen and oxygen atoms in total. The van der Waals surface area contributed by atoms with E-state index >= 15 is 0 Å². The minimum absolute atomic E-state index is 0.111. The monoisotopic (exact) mass is 622 g/mol. The van der Waals surface area contributed by atoms with Crippen molar-refractivity contribution in [2.24, 2.45) is 0 Å². The molecule has 9 heteroatoms. The Kier molecular flexibility index (Phi) is 11.0. The molecule has 4 heterocycles. The number of fused-ring (bicyclic) bond motifs is 1. The number of imide groups is 1. The summed E-state index contributed by atoms with van der Waals surface area (Å²) in [7, 11) is 0. The lowest BCUT2D eigenvalue weighted by molar-refractivity contribution is -0.136. The molecule has 242 valence electrons. The number of nitrogens with zero attached hydrogens (tertiary/aromatic N) is 4. The number of hydrogen-bond donors (Lipinski definition) is 2. The maximum atomic E-state index is 13.0. The van der Waals surface area contributed by atoms with E-state index in [1.54, 1.807) is 4.90 Å². The van der Waals surface area contributed by atoms with Crippen LogP contribution in [0.2, 0.25) is 0 Å². The van der Waals surface area contributed by atoms with Crippen molar-refractivity contribution in [3.05, 3.63) is 101 Å². The van der Waals surface area contributed by atoms with Crippen LogP contribution in [0.1, 0.15) is 96.0 Å². The number of hydrogen-bond acceptors (Lipinski definition) is 7. The van der Waals surface area contributed by atoms with Crippen LogP contribution in [0, 0.1) is 0 Å². The van der Waals surface area contributed by atoms with E-state index in [4.69, 9.17) is 0 Å². The zero-order chi connectivity index (χ0) is 32.6. The molecule has 2 N–H and O–H groups in total. The molecular weight excluding hydrogens is 576 g/mol. The molecule has 2 fully saturated rings. The third-order valence-electron chi connectivity index (χ3n) is 9.30. The van der Waals surface area contributed by atoms with Crippen LogP contribution in [0.25, 0.3) is 0 Å². The zero-order valence-electron chi connectivity index (χ0n) is 27.1. The van der Waals surface area contributed by atoms with Crippen LogP contribution in [0.4, 0.5) is 5.95 Å². The Hall–Kier alpha value is -4.37. The van der Waals surface area contributed by atoms with Gasteiger partial charge in [-0.3, -0.25) is 24.6 Å². The Labute approximate surface area is 272 Å². The summed E-state index contributed by atoms with van der Waals surface area (Å²) in [6.07, 6.45) is 8.66. The van der Waals surface area contributed by atoms with Crippen molar-refractivity contribution in [2.75, 3.05) is 25.0 Å². The fraction of sp³-hybridized carbons (Fsp3) is 0.432. The van der Waals surface area contributed by atoms with Gasteiger partial charge in [0.2, 0.25) is 17.8 Å². The first-order chi connectivity index (χ1) is 22.3. The second-order valence-corrected chi connectivity index (χ2v) is 12.7. The predicted molar refractivity (Wildman–Crippen MR) is 180 cm³/mol. The third kappa shape index (κ3) is 7.88. The fourth-order valence-corrected chi connectivity index (χ4v) is 6.56. The second kappa shape index (κ2) is 15.3. The lowest BCUT2D eigenvalue weighted by Gasteiger charge is -2.32. The summed E-state index contributed by atoms with van der Waals surface area (Å²) in [4.78, 5) is 49.9. The van der Waals surface area contributed by atoms with E-state index in [0.717, 1.165) is 63.0 Å². The summed E-state index contributed by atoms with van der Waals surface area (Å²) in [5, 5.41) is 5.70. The first-order valence-electron chi connectivity index (χ1n) is 16.5. The maximum absolute atomic E-state index is 13.0. The molecule has 46 heavy (non-hydrogen) atoms. The lowest BCUT2D eigenvalue weighted by Crippen LogP contribution is -2.52. The molecule has 1 unspecified atom stereocenters. The standard InChI is InChI=1S/C35H42N6O3.C2H4/c1-23(2)29-19-37-35(38-20-29)36-15-3-4-24-5-7-25(8-6-24)21-40-16-13-26(14-17-40)27-9-10-30-28(18-27)22-41(34(30)44)31-11-12-32(42)39-33(31)43;1-2/h5-10,18-20,23,26,31H,3-4,11-17,21-22H2,1-2H3,(H,36,37,38)(H,39,42,43);1-2H2. The van der Waals surface area contributed by atoms with Gasteiger partial charge in [0.15, 0.2) is 0 Å². The fourth-order valence-electron chi connectivity index (χ4n) is 6.56. The molecule has 0 radical (unpaired) electrons. The van der Waals surface area contributed by atoms with Gasteiger partial charge in [-0.25, -0.2) is 9.97 Å². The van der Waals surface area contributed by atoms with Gasteiger partial charge in [-0.1, -0.05) is 50.2 Å². The molecule has 1 atom stereocenters. The number of piperidine rings is 2. The van der Waals surface area contributed by atoms with E-state index in [-0.39, 0.29) is 24.1 Å². The van der Waals surface area contributed by atoms with Crippen LogP contribution in [-0.4, -0.2) is 63.2 Å². The maximum Gasteiger partial charge on any atom is 0.255 e. The van der Waals surface area contributed by atoms with Gasteiger partial charge in [0.1, 0.15) is 6.04 Å². The summed E-state index contributed by atoms with van der Waals surface area (Å²) in [6.45, 7) is 14.6. The molecule has 0 saturated carbocycles. The molecular formula is C37H46N6O3. The number of nitrogens with one attached hydrogen (secondary N) is 2. The summed E-state index contributed by atoms with van der Waals surface area (Å²) >= 11 is 0. The number of rotatable bonds is 10. The summed E-state index contributed by atoms with van der Waals surface area (Å²) < 4.78 is 0. The normalized spacial score (nSPS) is 18.6. The van der Waals surface area contributed by atoms with Crippen LogP contribution in [0.15, 0.2) is 68.0 Å². The number of aryl methyl sites for hydroxylation is 1. The van der Waals surface area contributed by atoms with Gasteiger partial charge in [0.25, 0.3) is 5.91 Å². The van der Waals surface area contributed by atoms with E-state index in [1.807, 2.05) is 18.5 Å². The zero-order valence-corrected chi connectivity index (χ0v) is 27.1. The number of likely N-dealkylation sites (tertiary alicyclic amines) is 1. The summed E-state index contributed by atoms with van der Waals surface area (Å²) in [5.74, 6) is 0.852. The van der Waals surface area contributed by atoms with E-state index in [1.165, 1.54) is 16.7 Å². The molecule has 3 amide bonds. The summed E-state index contributed by atoms with van der Waals surface area (Å²) in [5.41, 5.74) is 6.79. The molecule has 3 aliphatic rings. The van der Waals surface area contributed by atoms with Gasteiger partial charge in [0.05, 0.1) is 0 Å². The average Bonchev–Trinajstić information content (AvgIpc) is 3.40. The van der Waals surface area contributed by atoms with Gasteiger partial charge in [-0.15, -0.1) is 13.2 Å². The van der Waals surface area contributed by atoms with Crippen molar-refractivity contribution >= 4 is 23.7 Å². The Morgan fingerprint density at radius 3 is 2.33 bits per heavy atom. The molecule has 6 rings (SSSR count). The molecule has 1 aromatic heterocycles. The Bertz CT molecular complexity index is 1510. The molecule has 0 aliphatic carbocycles. The van der Waals surface area contributed by atoms with Crippen LogP contribution >= 0.6 is 0 Å². The Morgan fingerprint density at radius 2 is 1.65 bits per heavy atom. The number of amides is 3. The van der Waals surface area contributed by atoms with Gasteiger partial charge in [-0.05, 0) is 90.9 Å². The third-order valence-corrected chi connectivity index (χ3v) is 9.30. The van der Waals surface area contributed by atoms with Crippen molar-refractivity contribution in [1.29, 1.82) is 0 Å². The summed E-state index contributed by atoms with van der Waals surface area (Å²) in [6, 6.07) is 14.6. The molecule has 2 aromatic carbocycles. The van der Waals surface area contributed by atoms with Gasteiger partial charge >= 0.3 is 0 Å². The predicted octanol–water partition coefficient (Wildman–Crippen LogP) is 5.59. The topological polar surface area (TPSA) is 108 Å². The minimum Gasteiger partial charge on any atom is -0.354 e. The first kappa shape index (κ1) is 33.0. The van der Waals surface area contributed by atoms with Crippen LogP contribution < -0.4 is 10.6 Å². The van der Waals surface area contributed by atoms with E-state index in [0.29, 0.717) is 36.3 Å². The van der Waals surface area contributed by atoms with Crippen LogP contribution in [0.3, 0.4) is 0 Å². The average molecular weight is 623 g/mol. The van der Waals surface area contributed by atoms with Crippen molar-refractivity contribution in [1.82, 2.24) is 25.1 Å². The molecule has 0 bridgehead atoms. The number of anilines is 1. The van der Waals surface area contributed by atoms with Crippen molar-refractivity contribution in [3.8, 4) is 0 Å².